The number of rotatable bonds is 64. The first kappa shape index (κ1) is 82.7. The van der Waals surface area contributed by atoms with E-state index in [9.17, 15) is 19.0 Å². The van der Waals surface area contributed by atoms with E-state index < -0.39 is 26.6 Å². The van der Waals surface area contributed by atoms with Crippen LogP contribution in [0, 0.1) is 0 Å². The summed E-state index contributed by atoms with van der Waals surface area (Å²) >= 11 is 0. The van der Waals surface area contributed by atoms with Crippen LogP contribution in [-0.4, -0.2) is 69.4 Å². The van der Waals surface area contributed by atoms with Gasteiger partial charge in [0.1, 0.15) is 19.3 Å². The molecular formula is C76H135N2O7P. The fraction of sp³-hybridized carbons (Fsp3) is 0.737. The van der Waals surface area contributed by atoms with Gasteiger partial charge in [-0.1, -0.05) is 291 Å². The molecule has 0 bridgehead atoms. The Morgan fingerprint density at radius 3 is 1.14 bits per heavy atom. The number of phosphoric ester groups is 1. The number of likely N-dealkylation sites (N-methyl/N-ethyl adjacent to an activating group) is 1. The van der Waals surface area contributed by atoms with Crippen molar-refractivity contribution in [1.82, 2.24) is 5.32 Å². The minimum absolute atomic E-state index is 0.0320. The van der Waals surface area contributed by atoms with Crippen LogP contribution in [0.1, 0.15) is 310 Å². The Kier molecular flexibility index (Phi) is 62.1. The second kappa shape index (κ2) is 64.6. The third kappa shape index (κ3) is 65.1. The summed E-state index contributed by atoms with van der Waals surface area (Å²) < 4.78 is 30.4. The van der Waals surface area contributed by atoms with Crippen LogP contribution in [0.5, 0.6) is 0 Å². The van der Waals surface area contributed by atoms with Gasteiger partial charge < -0.3 is 28.5 Å². The number of allylic oxidation sites excluding steroid dienone is 17. The molecule has 0 radical (unpaired) electrons. The summed E-state index contributed by atoms with van der Waals surface area (Å²) in [7, 11) is 1.16. The first-order valence-corrected chi connectivity index (χ1v) is 37.2. The smallest absolute Gasteiger partial charge is 0.306 e. The third-order valence-electron chi connectivity index (χ3n) is 15.4. The van der Waals surface area contributed by atoms with Gasteiger partial charge in [0, 0.05) is 12.8 Å². The maximum Gasteiger partial charge on any atom is 0.306 e. The zero-order valence-electron chi connectivity index (χ0n) is 56.7. The molecule has 0 aromatic rings. The summed E-state index contributed by atoms with van der Waals surface area (Å²) in [6.07, 6.45) is 89.3. The number of esters is 1. The van der Waals surface area contributed by atoms with E-state index in [4.69, 9.17) is 13.8 Å². The quantitative estimate of drug-likeness (QED) is 0.0212. The summed E-state index contributed by atoms with van der Waals surface area (Å²) in [5.41, 5.74) is 0. The van der Waals surface area contributed by atoms with Crippen LogP contribution in [0.15, 0.2) is 109 Å². The van der Waals surface area contributed by atoms with Gasteiger partial charge in [-0.2, -0.15) is 0 Å². The summed E-state index contributed by atoms with van der Waals surface area (Å²) in [6, 6.07) is -0.909. The molecule has 0 aliphatic heterocycles. The molecule has 86 heavy (non-hydrogen) atoms. The Bertz CT molecular complexity index is 1840. The molecule has 3 unspecified atom stereocenters. The largest absolute Gasteiger partial charge is 0.756 e. The first-order chi connectivity index (χ1) is 41.9. The van der Waals surface area contributed by atoms with Crippen molar-refractivity contribution >= 4 is 19.7 Å². The highest BCUT2D eigenvalue weighted by molar-refractivity contribution is 7.45. The number of quaternary nitrogens is 1. The summed E-state index contributed by atoms with van der Waals surface area (Å²) in [5, 5.41) is 3.03. The normalized spacial score (nSPS) is 14.2. The van der Waals surface area contributed by atoms with Crippen molar-refractivity contribution in [3.63, 3.8) is 0 Å². The molecule has 9 nitrogen and oxygen atoms in total. The summed E-state index contributed by atoms with van der Waals surface area (Å²) in [4.78, 5) is 40.2. The molecule has 1 amide bonds. The van der Waals surface area contributed by atoms with Gasteiger partial charge in [0.2, 0.25) is 5.91 Å². The predicted octanol–water partition coefficient (Wildman–Crippen LogP) is 22.2. The number of carbonyl (C=O) groups is 2. The van der Waals surface area contributed by atoms with Gasteiger partial charge in [0.15, 0.2) is 0 Å². The van der Waals surface area contributed by atoms with Crippen molar-refractivity contribution in [3.05, 3.63) is 109 Å². The van der Waals surface area contributed by atoms with Crippen LogP contribution in [0.25, 0.3) is 0 Å². The number of ether oxygens (including phenoxy) is 1. The number of nitrogens with zero attached hydrogens (tertiary/aromatic N) is 1. The fourth-order valence-corrected chi connectivity index (χ4v) is 10.7. The number of hydrogen-bond donors (Lipinski definition) is 1. The first-order valence-electron chi connectivity index (χ1n) is 35.7. The van der Waals surface area contributed by atoms with Gasteiger partial charge in [-0.25, -0.2) is 0 Å². The molecule has 0 saturated heterocycles. The molecule has 0 fully saturated rings. The van der Waals surface area contributed by atoms with Crippen LogP contribution in [0.4, 0.5) is 0 Å². The molecule has 0 aromatic carbocycles. The number of amides is 1. The van der Waals surface area contributed by atoms with Crippen molar-refractivity contribution in [2.45, 2.75) is 322 Å². The van der Waals surface area contributed by atoms with Crippen LogP contribution >= 0.6 is 7.82 Å². The highest BCUT2D eigenvalue weighted by atomic mass is 31.2. The number of hydrogen-bond acceptors (Lipinski definition) is 7. The van der Waals surface area contributed by atoms with Gasteiger partial charge in [0.05, 0.1) is 33.8 Å². The van der Waals surface area contributed by atoms with Gasteiger partial charge in [-0.15, -0.1) is 0 Å². The second-order valence-electron chi connectivity index (χ2n) is 25.0. The Labute approximate surface area is 531 Å². The average Bonchev–Trinajstić information content (AvgIpc) is 3.66. The van der Waals surface area contributed by atoms with E-state index in [-0.39, 0.29) is 31.3 Å². The Hall–Kier alpha value is -3.33. The lowest BCUT2D eigenvalue weighted by molar-refractivity contribution is -0.870. The van der Waals surface area contributed by atoms with Crippen LogP contribution in [0.2, 0.25) is 0 Å². The van der Waals surface area contributed by atoms with Gasteiger partial charge >= 0.3 is 5.97 Å². The molecule has 0 aromatic heterocycles. The van der Waals surface area contributed by atoms with Crippen LogP contribution < -0.4 is 10.2 Å². The van der Waals surface area contributed by atoms with Crippen molar-refractivity contribution in [1.29, 1.82) is 0 Å². The molecule has 1 N–H and O–H groups in total. The number of phosphoric acid groups is 1. The zero-order chi connectivity index (χ0) is 62.8. The Morgan fingerprint density at radius 1 is 0.419 bits per heavy atom. The maximum absolute atomic E-state index is 13.6. The van der Waals surface area contributed by atoms with Gasteiger partial charge in [0.25, 0.3) is 7.82 Å². The average molecular weight is 1220 g/mol. The molecule has 0 aliphatic rings. The molecule has 0 heterocycles. The molecule has 3 atom stereocenters. The molecule has 0 rings (SSSR count). The summed E-state index contributed by atoms with van der Waals surface area (Å²) in [6.45, 7) is 6.70. The summed E-state index contributed by atoms with van der Waals surface area (Å²) in [5.74, 6) is -0.568. The van der Waals surface area contributed by atoms with Crippen molar-refractivity contribution in [2.75, 3.05) is 40.9 Å². The van der Waals surface area contributed by atoms with E-state index in [1.165, 1.54) is 161 Å². The van der Waals surface area contributed by atoms with E-state index in [1.807, 2.05) is 33.3 Å². The van der Waals surface area contributed by atoms with E-state index in [0.717, 1.165) is 109 Å². The fourth-order valence-electron chi connectivity index (χ4n) is 9.97. The van der Waals surface area contributed by atoms with Gasteiger partial charge in [-0.05, 0) is 115 Å². The van der Waals surface area contributed by atoms with E-state index in [1.54, 1.807) is 0 Å². The molecule has 0 spiro atoms. The Balaban J connectivity index is 5.12. The molecule has 0 aliphatic carbocycles. The number of unbranched alkanes of at least 4 members (excludes halogenated alkanes) is 32. The third-order valence-corrected chi connectivity index (χ3v) is 16.4. The lowest BCUT2D eigenvalue weighted by atomic mass is 10.0. The van der Waals surface area contributed by atoms with Gasteiger partial charge in [-0.3, -0.25) is 14.2 Å². The lowest BCUT2D eigenvalue weighted by Gasteiger charge is -2.30. The van der Waals surface area contributed by atoms with Crippen molar-refractivity contribution in [3.8, 4) is 0 Å². The van der Waals surface area contributed by atoms with Crippen LogP contribution in [-0.2, 0) is 27.9 Å². The highest BCUT2D eigenvalue weighted by Crippen LogP contribution is 2.38. The highest BCUT2D eigenvalue weighted by Gasteiger charge is 2.27. The van der Waals surface area contributed by atoms with E-state index >= 15 is 0 Å². The minimum atomic E-state index is -4.72. The predicted molar refractivity (Wildman–Crippen MR) is 371 cm³/mol. The molecular weight excluding hydrogens is 1080 g/mol. The second-order valence-corrected chi connectivity index (χ2v) is 26.4. The number of carbonyl (C=O) groups excluding carboxylic acids is 2. The Morgan fingerprint density at radius 2 is 0.744 bits per heavy atom. The molecule has 496 valence electrons. The van der Waals surface area contributed by atoms with Crippen molar-refractivity contribution in [2.24, 2.45) is 0 Å². The van der Waals surface area contributed by atoms with Crippen LogP contribution in [0.3, 0.4) is 0 Å². The number of nitrogens with one attached hydrogen (secondary N) is 1. The van der Waals surface area contributed by atoms with E-state index in [2.05, 4.69) is 123 Å². The maximum atomic E-state index is 13.6. The van der Waals surface area contributed by atoms with Crippen molar-refractivity contribution < 1.29 is 37.3 Å². The zero-order valence-corrected chi connectivity index (χ0v) is 57.6. The monoisotopic (exact) mass is 1220 g/mol. The standard InChI is InChI=1S/C76H135N2O7P/c1-7-10-13-16-19-22-25-28-30-32-34-36-38-39-41-43-45-47-49-51-54-57-60-63-66-69-76(80)85-74(67-64-61-58-55-52-27-24-21-18-15-12-9-3)73(72-84-86(81,82)83-71-70-78(4,5)6)77-75(79)68-65-62-59-56-53-50-48-46-44-42-40-37-35-33-31-29-26-23-20-17-14-11-8-2/h11,14,19-20,22-23,28-31,35,37,42,44,48,50,64,67,73-74H,7-10,12-13,15-18,21,24-27,32-34,36,38-41,43,45-47,49,51-63,65-66,68-72H2,1-6H3,(H-,77,79,81,82)/b14-11-,22-19-,23-20-,30-28-,31-29-,37-35-,44-42-,50-48-,67-64+. The minimum Gasteiger partial charge on any atom is -0.756 e. The topological polar surface area (TPSA) is 114 Å². The van der Waals surface area contributed by atoms with E-state index in [0.29, 0.717) is 17.4 Å². The SMILES string of the molecule is CC/C=C\C/C=C\C/C=C\C/C=C\C/C=C\C/C=C\CCCCCCC(=O)NC(COP(=O)([O-])OCC[N+](C)(C)C)C(/C=C/CCCCCCCCCCCC)OC(=O)CCCCCCCCCCCCCCCCC/C=C\C/C=C\CCCCC. The molecule has 0 saturated carbocycles. The molecule has 10 heteroatoms. The lowest BCUT2D eigenvalue weighted by Crippen LogP contribution is -2.47.